The van der Waals surface area contributed by atoms with Crippen molar-refractivity contribution in [1.29, 1.82) is 0 Å². The molecule has 0 bridgehead atoms. The number of aromatic amines is 1. The van der Waals surface area contributed by atoms with Crippen LogP contribution < -0.4 is 14.9 Å². The molecular weight excluding hydrogens is 391 g/mol. The van der Waals surface area contributed by atoms with E-state index >= 15 is 0 Å². The smallest absolute Gasteiger partial charge is 0.214 e. The number of hydrogen-bond donors (Lipinski definition) is 2. The molecule has 1 heterocycles. The Morgan fingerprint density at radius 3 is 2.78 bits per heavy atom. The molecule has 0 aliphatic heterocycles. The van der Waals surface area contributed by atoms with E-state index in [9.17, 15) is 4.39 Å². The maximum Gasteiger partial charge on any atom is 0.214 e. The van der Waals surface area contributed by atoms with E-state index in [1.165, 1.54) is 12.1 Å². The predicted octanol–water partition coefficient (Wildman–Crippen LogP) is 4.45. The number of halogens is 2. The minimum atomic E-state index is -0.381. The van der Waals surface area contributed by atoms with Gasteiger partial charge in [-0.2, -0.15) is 5.10 Å². The van der Waals surface area contributed by atoms with Gasteiger partial charge in [0.15, 0.2) is 11.5 Å². The maximum atomic E-state index is 13.2. The molecule has 0 spiro atoms. The van der Waals surface area contributed by atoms with E-state index in [2.05, 4.69) is 15.6 Å². The molecule has 1 aromatic heterocycles. The highest BCUT2D eigenvalue weighted by atomic mass is 35.5. The second-order valence-electron chi connectivity index (χ2n) is 5.60. The van der Waals surface area contributed by atoms with E-state index in [0.717, 1.165) is 5.56 Å². The fourth-order valence-corrected chi connectivity index (χ4v) is 2.77. The summed E-state index contributed by atoms with van der Waals surface area (Å²) in [4.78, 5) is 0. The number of ether oxygens (including phenoxy) is 2. The molecule has 27 heavy (non-hydrogen) atoms. The average molecular weight is 409 g/mol. The Balaban J connectivity index is 1.71. The zero-order valence-corrected chi connectivity index (χ0v) is 16.1. The molecule has 3 aromatic rings. The van der Waals surface area contributed by atoms with Crippen molar-refractivity contribution in [3.05, 3.63) is 69.5 Å². The Morgan fingerprint density at radius 2 is 2.07 bits per heavy atom. The van der Waals surface area contributed by atoms with E-state index in [1.807, 2.05) is 25.1 Å². The molecule has 9 heteroatoms. The summed E-state index contributed by atoms with van der Waals surface area (Å²) in [6, 6.07) is 9.85. The van der Waals surface area contributed by atoms with Crippen LogP contribution >= 0.6 is 23.8 Å². The van der Waals surface area contributed by atoms with Crippen LogP contribution in [-0.2, 0) is 13.2 Å². The Kier molecular flexibility index (Phi) is 6.31. The molecule has 0 saturated carbocycles. The summed E-state index contributed by atoms with van der Waals surface area (Å²) >= 11 is 11.1. The third kappa shape index (κ3) is 4.99. The number of nitrogens with zero attached hydrogens (tertiary/aromatic N) is 2. The van der Waals surface area contributed by atoms with Crippen molar-refractivity contribution < 1.29 is 13.9 Å². The normalized spacial score (nSPS) is 10.6. The van der Waals surface area contributed by atoms with Crippen molar-refractivity contribution in [3.63, 3.8) is 0 Å². The third-order valence-corrected chi connectivity index (χ3v) is 4.35. The molecule has 6 nitrogen and oxygen atoms in total. The Labute approximate surface area is 165 Å². The van der Waals surface area contributed by atoms with E-state index in [0.29, 0.717) is 40.0 Å². The van der Waals surface area contributed by atoms with Gasteiger partial charge in [0.1, 0.15) is 18.8 Å². The predicted molar refractivity (Wildman–Crippen MR) is 104 cm³/mol. The van der Waals surface area contributed by atoms with Crippen molar-refractivity contribution >= 4 is 23.8 Å². The highest BCUT2D eigenvalue weighted by Crippen LogP contribution is 2.30. The summed E-state index contributed by atoms with van der Waals surface area (Å²) in [7, 11) is 0. The van der Waals surface area contributed by atoms with Gasteiger partial charge in [-0.3, -0.25) is 5.10 Å². The molecule has 0 fully saturated rings. The van der Waals surface area contributed by atoms with Gasteiger partial charge in [-0.25, -0.2) is 9.07 Å². The van der Waals surface area contributed by atoms with Crippen LogP contribution in [0.1, 0.15) is 18.1 Å². The van der Waals surface area contributed by atoms with Crippen LogP contribution in [0.4, 0.5) is 4.39 Å². The summed E-state index contributed by atoms with van der Waals surface area (Å²) in [5.41, 5.74) is 4.81. The van der Waals surface area contributed by atoms with E-state index < -0.39 is 0 Å². The number of nitrogens with one attached hydrogen (secondary N) is 2. The zero-order valence-electron chi connectivity index (χ0n) is 14.5. The lowest BCUT2D eigenvalue weighted by Gasteiger charge is -2.14. The van der Waals surface area contributed by atoms with Gasteiger partial charge in [0.2, 0.25) is 4.77 Å². The van der Waals surface area contributed by atoms with Crippen LogP contribution in [0.5, 0.6) is 11.5 Å². The summed E-state index contributed by atoms with van der Waals surface area (Å²) in [5.74, 6) is 0.820. The third-order valence-electron chi connectivity index (χ3n) is 3.71. The molecule has 0 aliphatic rings. The first-order valence-corrected chi connectivity index (χ1v) is 9.03. The molecule has 3 rings (SSSR count). The minimum absolute atomic E-state index is 0.209. The molecule has 0 aliphatic carbocycles. The second-order valence-corrected chi connectivity index (χ2v) is 6.40. The lowest BCUT2D eigenvalue weighted by molar-refractivity contribution is 0.269. The molecule has 0 saturated heterocycles. The van der Waals surface area contributed by atoms with Crippen LogP contribution in [0.15, 0.2) is 42.7 Å². The van der Waals surface area contributed by atoms with Crippen LogP contribution in [0.2, 0.25) is 5.02 Å². The number of hydrogen-bond acceptors (Lipinski definition) is 5. The van der Waals surface area contributed by atoms with Crippen LogP contribution in [0, 0.1) is 10.6 Å². The van der Waals surface area contributed by atoms with Crippen molar-refractivity contribution in [2.45, 2.75) is 20.1 Å². The van der Waals surface area contributed by atoms with Gasteiger partial charge in [0, 0.05) is 5.56 Å². The number of aromatic nitrogens is 3. The highest BCUT2D eigenvalue weighted by Gasteiger charge is 2.09. The van der Waals surface area contributed by atoms with E-state index in [4.69, 9.17) is 33.3 Å². The first-order chi connectivity index (χ1) is 13.1. The van der Waals surface area contributed by atoms with Crippen LogP contribution in [0.25, 0.3) is 0 Å². The molecule has 2 aromatic carbocycles. The number of rotatable bonds is 8. The quantitative estimate of drug-likeness (QED) is 0.539. The molecule has 2 N–H and O–H groups in total. The summed E-state index contributed by atoms with van der Waals surface area (Å²) in [6.45, 7) is 3.13. The molecule has 0 amide bonds. The van der Waals surface area contributed by atoms with Crippen molar-refractivity contribution in [2.24, 2.45) is 0 Å². The molecule has 0 radical (unpaired) electrons. The molecule has 0 atom stereocenters. The standard InChI is InChI=1S/C18H18ClFN4O2S/c1-2-25-17-7-12(9-22-24-11-21-23-18(24)27)3-6-16(17)26-10-13-4-5-14(20)8-15(13)19/h3-8,11,22H,2,9-10H2,1H3,(H,23,27). The van der Waals surface area contributed by atoms with E-state index in [-0.39, 0.29) is 12.4 Å². The van der Waals surface area contributed by atoms with Crippen molar-refractivity contribution in [1.82, 2.24) is 14.9 Å². The van der Waals surface area contributed by atoms with E-state index in [1.54, 1.807) is 17.1 Å². The number of H-pyrrole nitrogens is 1. The summed E-state index contributed by atoms with van der Waals surface area (Å²) < 4.78 is 26.8. The Bertz CT molecular complexity index is 976. The topological polar surface area (TPSA) is 64.1 Å². The van der Waals surface area contributed by atoms with Gasteiger partial charge >= 0.3 is 0 Å². The van der Waals surface area contributed by atoms with Gasteiger partial charge in [0.25, 0.3) is 0 Å². The number of benzene rings is 2. The van der Waals surface area contributed by atoms with Crippen molar-refractivity contribution in [2.75, 3.05) is 12.0 Å². The van der Waals surface area contributed by atoms with Gasteiger partial charge in [-0.05, 0) is 49.0 Å². The maximum absolute atomic E-state index is 13.2. The van der Waals surface area contributed by atoms with Gasteiger partial charge < -0.3 is 14.9 Å². The highest BCUT2D eigenvalue weighted by molar-refractivity contribution is 7.71. The van der Waals surface area contributed by atoms with Crippen LogP contribution in [-0.4, -0.2) is 21.5 Å². The first-order valence-electron chi connectivity index (χ1n) is 8.25. The van der Waals surface area contributed by atoms with Gasteiger partial charge in [-0.1, -0.05) is 23.7 Å². The fraction of sp³-hybridized carbons (Fsp3) is 0.222. The molecular formula is C18H18ClFN4O2S. The second kappa shape index (κ2) is 8.88. The summed E-state index contributed by atoms with van der Waals surface area (Å²) in [5, 5.41) is 6.85. The van der Waals surface area contributed by atoms with Crippen LogP contribution in [0.3, 0.4) is 0 Å². The van der Waals surface area contributed by atoms with Crippen molar-refractivity contribution in [3.8, 4) is 11.5 Å². The average Bonchev–Trinajstić information content (AvgIpc) is 3.05. The zero-order chi connectivity index (χ0) is 19.2. The minimum Gasteiger partial charge on any atom is -0.490 e. The lowest BCUT2D eigenvalue weighted by Crippen LogP contribution is -2.13. The van der Waals surface area contributed by atoms with Gasteiger partial charge in [-0.15, -0.1) is 0 Å². The Morgan fingerprint density at radius 1 is 1.22 bits per heavy atom. The monoisotopic (exact) mass is 408 g/mol. The SMILES string of the molecule is CCOc1cc(CNn2cn[nH]c2=S)ccc1OCc1ccc(F)cc1Cl. The largest absolute Gasteiger partial charge is 0.490 e. The Hall–Kier alpha value is -2.58. The molecule has 142 valence electrons. The van der Waals surface area contributed by atoms with Gasteiger partial charge in [0.05, 0.1) is 18.2 Å². The molecule has 0 unspecified atom stereocenters. The first kappa shape index (κ1) is 19.2. The summed E-state index contributed by atoms with van der Waals surface area (Å²) in [6.07, 6.45) is 1.57. The fourth-order valence-electron chi connectivity index (χ4n) is 2.38. The lowest BCUT2D eigenvalue weighted by atomic mass is 10.2.